The number of esters is 3. The van der Waals surface area contributed by atoms with Crippen molar-refractivity contribution in [3.05, 3.63) is 23.5 Å². The SMILES string of the molecule is CC(=O)OCC(=O)C1(OC(C)=O)CCC2C3CC=C4C=C(OC(C)=O)CCC4(C)C3CCC21C. The molecule has 0 N–H and O–H groups in total. The Morgan fingerprint density at radius 3 is 2.29 bits per heavy atom. The van der Waals surface area contributed by atoms with Gasteiger partial charge < -0.3 is 14.2 Å². The number of ether oxygens (including phenoxy) is 3. The average molecular weight is 473 g/mol. The van der Waals surface area contributed by atoms with E-state index in [0.29, 0.717) is 18.3 Å². The first-order valence-corrected chi connectivity index (χ1v) is 12.4. The van der Waals surface area contributed by atoms with Crippen molar-refractivity contribution < 1.29 is 33.4 Å². The lowest BCUT2D eigenvalue weighted by molar-refractivity contribution is -0.190. The number of carbonyl (C=O) groups is 4. The average Bonchev–Trinajstić information content (AvgIpc) is 3.04. The fourth-order valence-electron chi connectivity index (χ4n) is 7.77. The highest BCUT2D eigenvalue weighted by Gasteiger charge is 2.68. The molecule has 0 heterocycles. The van der Waals surface area contributed by atoms with E-state index in [9.17, 15) is 19.2 Å². The Kier molecular flexibility index (Phi) is 6.28. The van der Waals surface area contributed by atoms with Gasteiger partial charge in [0.25, 0.3) is 0 Å². The molecule has 2 saturated carbocycles. The van der Waals surface area contributed by atoms with Crippen LogP contribution in [0, 0.1) is 28.6 Å². The molecule has 34 heavy (non-hydrogen) atoms. The van der Waals surface area contributed by atoms with Crippen LogP contribution in [0.4, 0.5) is 0 Å². The van der Waals surface area contributed by atoms with E-state index in [1.165, 1.54) is 26.3 Å². The molecule has 6 atom stereocenters. The zero-order chi connectivity index (χ0) is 24.9. The number of allylic oxidation sites excluding steroid dienone is 4. The molecule has 0 aliphatic heterocycles. The number of rotatable bonds is 5. The van der Waals surface area contributed by atoms with Gasteiger partial charge in [0.2, 0.25) is 5.78 Å². The van der Waals surface area contributed by atoms with Crippen molar-refractivity contribution in [2.45, 2.75) is 85.2 Å². The summed E-state index contributed by atoms with van der Waals surface area (Å²) in [7, 11) is 0. The van der Waals surface area contributed by atoms with E-state index in [1.807, 2.05) is 0 Å². The molecular weight excluding hydrogens is 436 g/mol. The van der Waals surface area contributed by atoms with E-state index in [0.717, 1.165) is 44.3 Å². The zero-order valence-electron chi connectivity index (χ0n) is 20.9. The number of ketones is 1. The smallest absolute Gasteiger partial charge is 0.307 e. The van der Waals surface area contributed by atoms with Crippen LogP contribution in [0.2, 0.25) is 0 Å². The third-order valence-electron chi connectivity index (χ3n) is 9.30. The lowest BCUT2D eigenvalue weighted by atomic mass is 9.47. The Morgan fingerprint density at radius 2 is 1.65 bits per heavy atom. The molecule has 0 spiro atoms. The Bertz CT molecular complexity index is 977. The number of fused-ring (bicyclic) bond motifs is 5. The molecule has 6 unspecified atom stereocenters. The minimum atomic E-state index is -1.26. The van der Waals surface area contributed by atoms with Crippen molar-refractivity contribution in [2.24, 2.45) is 28.6 Å². The van der Waals surface area contributed by atoms with Crippen LogP contribution >= 0.6 is 0 Å². The first-order chi connectivity index (χ1) is 15.9. The predicted molar refractivity (Wildman–Crippen MR) is 123 cm³/mol. The van der Waals surface area contributed by atoms with Crippen molar-refractivity contribution >= 4 is 23.7 Å². The topological polar surface area (TPSA) is 96.0 Å². The Morgan fingerprint density at radius 1 is 0.941 bits per heavy atom. The van der Waals surface area contributed by atoms with Crippen LogP contribution in [-0.2, 0) is 33.4 Å². The van der Waals surface area contributed by atoms with Gasteiger partial charge in [0.1, 0.15) is 5.76 Å². The molecule has 0 aromatic heterocycles. The molecule has 4 aliphatic carbocycles. The number of hydrogen-bond donors (Lipinski definition) is 0. The molecule has 0 bridgehead atoms. The van der Waals surface area contributed by atoms with Gasteiger partial charge in [0.05, 0.1) is 0 Å². The monoisotopic (exact) mass is 472 g/mol. The normalized spacial score (nSPS) is 38.3. The van der Waals surface area contributed by atoms with Crippen LogP contribution in [0.15, 0.2) is 23.5 Å². The number of Topliss-reactive ketones (excluding diaryl/α,β-unsaturated/α-hetero) is 1. The van der Waals surface area contributed by atoms with Crippen molar-refractivity contribution in [1.29, 1.82) is 0 Å². The van der Waals surface area contributed by atoms with E-state index >= 15 is 0 Å². The largest absolute Gasteiger partial charge is 0.458 e. The molecule has 4 aliphatic rings. The lowest BCUT2D eigenvalue weighted by Gasteiger charge is -2.58. The summed E-state index contributed by atoms with van der Waals surface area (Å²) in [5.74, 6) is 0.170. The van der Waals surface area contributed by atoms with E-state index in [-0.39, 0.29) is 29.7 Å². The van der Waals surface area contributed by atoms with E-state index in [1.54, 1.807) is 0 Å². The predicted octanol–water partition coefficient (Wildman–Crippen LogP) is 4.44. The second kappa shape index (κ2) is 8.65. The minimum absolute atomic E-state index is 0.0116. The maximum Gasteiger partial charge on any atom is 0.307 e. The molecule has 7 nitrogen and oxygen atoms in total. The quantitative estimate of drug-likeness (QED) is 0.431. The van der Waals surface area contributed by atoms with Crippen molar-refractivity contribution in [3.63, 3.8) is 0 Å². The highest BCUT2D eigenvalue weighted by Crippen LogP contribution is 2.67. The van der Waals surface area contributed by atoms with Crippen molar-refractivity contribution in [3.8, 4) is 0 Å². The molecule has 186 valence electrons. The second-order valence-electron chi connectivity index (χ2n) is 11.0. The van der Waals surface area contributed by atoms with Gasteiger partial charge in [-0.25, -0.2) is 0 Å². The van der Waals surface area contributed by atoms with Crippen molar-refractivity contribution in [2.75, 3.05) is 6.61 Å². The third-order valence-corrected chi connectivity index (χ3v) is 9.30. The van der Waals surface area contributed by atoms with Gasteiger partial charge >= 0.3 is 17.9 Å². The van der Waals surface area contributed by atoms with E-state index < -0.39 is 23.0 Å². The molecule has 0 radical (unpaired) electrons. The second-order valence-corrected chi connectivity index (χ2v) is 11.0. The molecule has 0 aromatic carbocycles. The van der Waals surface area contributed by atoms with Gasteiger partial charge in [-0.2, -0.15) is 0 Å². The Hall–Kier alpha value is -2.44. The van der Waals surface area contributed by atoms with Gasteiger partial charge in [-0.15, -0.1) is 0 Å². The van der Waals surface area contributed by atoms with Crippen LogP contribution in [0.3, 0.4) is 0 Å². The first kappa shape index (κ1) is 24.7. The summed E-state index contributed by atoms with van der Waals surface area (Å²) in [6.07, 6.45) is 9.81. The molecule has 0 amide bonds. The van der Waals surface area contributed by atoms with Crippen LogP contribution in [-0.4, -0.2) is 35.9 Å². The number of hydrogen-bond acceptors (Lipinski definition) is 7. The van der Waals surface area contributed by atoms with Crippen LogP contribution in [0.1, 0.15) is 79.6 Å². The third kappa shape index (κ3) is 3.81. The van der Waals surface area contributed by atoms with Gasteiger partial charge in [-0.05, 0) is 73.3 Å². The molecule has 2 fully saturated rings. The summed E-state index contributed by atoms with van der Waals surface area (Å²) >= 11 is 0. The van der Waals surface area contributed by atoms with E-state index in [2.05, 4.69) is 26.0 Å². The van der Waals surface area contributed by atoms with E-state index in [4.69, 9.17) is 14.2 Å². The Balaban J connectivity index is 1.65. The molecule has 7 heteroatoms. The Labute approximate surface area is 201 Å². The fourth-order valence-corrected chi connectivity index (χ4v) is 7.77. The lowest BCUT2D eigenvalue weighted by Crippen LogP contribution is -2.59. The fraction of sp³-hybridized carbons (Fsp3) is 0.704. The summed E-state index contributed by atoms with van der Waals surface area (Å²) in [4.78, 5) is 48.4. The van der Waals surface area contributed by atoms with Gasteiger partial charge in [-0.3, -0.25) is 19.2 Å². The van der Waals surface area contributed by atoms with Crippen LogP contribution < -0.4 is 0 Å². The minimum Gasteiger partial charge on any atom is -0.458 e. The highest BCUT2D eigenvalue weighted by atomic mass is 16.6. The van der Waals surface area contributed by atoms with Gasteiger partial charge in [-0.1, -0.05) is 19.9 Å². The molecule has 0 saturated heterocycles. The van der Waals surface area contributed by atoms with Crippen LogP contribution in [0.25, 0.3) is 0 Å². The number of carbonyl (C=O) groups excluding carboxylic acids is 4. The molecule has 4 rings (SSSR count). The summed E-state index contributed by atoms with van der Waals surface area (Å²) in [6.45, 7) is 8.09. The summed E-state index contributed by atoms with van der Waals surface area (Å²) in [5, 5.41) is 0. The maximum atomic E-state index is 13.4. The highest BCUT2D eigenvalue weighted by molar-refractivity contribution is 5.93. The van der Waals surface area contributed by atoms with Gasteiger partial charge in [0, 0.05) is 32.6 Å². The summed E-state index contributed by atoms with van der Waals surface area (Å²) < 4.78 is 16.3. The van der Waals surface area contributed by atoms with Gasteiger partial charge in [0.15, 0.2) is 12.2 Å². The maximum absolute atomic E-state index is 13.4. The standard InChI is InChI=1S/C27H36O7/c1-16(28)32-15-24(31)27(34-18(3)30)13-10-23-21-7-6-19-14-20(33-17(2)29)8-11-25(19,4)22(21)9-12-26(23,27)5/h6,14,21-23H,7-13,15H2,1-5H3. The van der Waals surface area contributed by atoms with Crippen molar-refractivity contribution in [1.82, 2.24) is 0 Å². The molecular formula is C27H36O7. The first-order valence-electron chi connectivity index (χ1n) is 12.4. The summed E-state index contributed by atoms with van der Waals surface area (Å²) in [6, 6.07) is 0. The molecule has 0 aromatic rings. The van der Waals surface area contributed by atoms with Crippen LogP contribution in [0.5, 0.6) is 0 Å². The zero-order valence-corrected chi connectivity index (χ0v) is 20.9. The summed E-state index contributed by atoms with van der Waals surface area (Å²) in [5.41, 5.74) is -0.534.